The Morgan fingerprint density at radius 3 is 1.57 bits per heavy atom. The summed E-state index contributed by atoms with van der Waals surface area (Å²) in [5.74, 6) is 0. The van der Waals surface area contributed by atoms with Gasteiger partial charge >= 0.3 is 145 Å². The Morgan fingerprint density at radius 2 is 1.22 bits per heavy atom. The van der Waals surface area contributed by atoms with Crippen LogP contribution < -0.4 is 0 Å². The maximum absolute atomic E-state index is 14.1. The predicted octanol–water partition coefficient (Wildman–Crippen LogP) is 7.68. The van der Waals surface area contributed by atoms with Gasteiger partial charge in [-0.15, -0.1) is 0 Å². The van der Waals surface area contributed by atoms with Gasteiger partial charge in [0, 0.05) is 0 Å². The molecule has 0 unspecified atom stereocenters. The summed E-state index contributed by atoms with van der Waals surface area (Å²) < 4.78 is 31.9. The van der Waals surface area contributed by atoms with Crippen LogP contribution in [0.5, 0.6) is 0 Å². The van der Waals surface area contributed by atoms with Crippen LogP contribution in [-0.4, -0.2) is 18.4 Å². The van der Waals surface area contributed by atoms with Crippen LogP contribution in [0.15, 0.2) is 36.4 Å². The molecule has 3 heteroatoms. The zero-order valence-electron chi connectivity index (χ0n) is 15.0. The monoisotopic (exact) mass is 430 g/mol. The van der Waals surface area contributed by atoms with Crippen molar-refractivity contribution >= 4 is 22.0 Å². The molecular weight excluding hydrogens is 397 g/mol. The number of unbranched alkanes of at least 4 members (excludes halogenated alkanes) is 3. The Labute approximate surface area is 145 Å². The zero-order valence-corrected chi connectivity index (χ0v) is 17.9. The van der Waals surface area contributed by atoms with Crippen molar-refractivity contribution in [1.29, 1.82) is 0 Å². The fraction of sp³-hybridized carbons (Fsp3) is 0.600. The van der Waals surface area contributed by atoms with Crippen LogP contribution in [-0.2, 0) is 0 Å². The fourth-order valence-electron chi connectivity index (χ4n) is 3.52. The summed E-state index contributed by atoms with van der Waals surface area (Å²) >= 11 is -3.08. The third-order valence-electron chi connectivity index (χ3n) is 4.81. The van der Waals surface area contributed by atoms with Gasteiger partial charge in [0.1, 0.15) is 0 Å². The number of benzene rings is 1. The van der Waals surface area contributed by atoms with Crippen LogP contribution in [0.3, 0.4) is 0 Å². The molecule has 23 heavy (non-hydrogen) atoms. The van der Waals surface area contributed by atoms with Crippen LogP contribution in [0.25, 0.3) is 3.59 Å². The van der Waals surface area contributed by atoms with Crippen molar-refractivity contribution in [2.24, 2.45) is 0 Å². The van der Waals surface area contributed by atoms with Gasteiger partial charge in [0.2, 0.25) is 0 Å². The molecule has 130 valence electrons. The van der Waals surface area contributed by atoms with Crippen molar-refractivity contribution in [3.8, 4) is 0 Å². The van der Waals surface area contributed by atoms with Crippen molar-refractivity contribution in [3.63, 3.8) is 0 Å². The molecule has 0 aliphatic carbocycles. The Hall–Kier alpha value is -0.381. The second kappa shape index (κ2) is 11.2. The van der Waals surface area contributed by atoms with E-state index in [9.17, 15) is 8.78 Å². The third kappa shape index (κ3) is 6.21. The quantitative estimate of drug-likeness (QED) is 0.317. The number of hydrogen-bond acceptors (Lipinski definition) is 0. The summed E-state index contributed by atoms with van der Waals surface area (Å²) in [5.41, 5.74) is 0.798. The molecule has 0 aliphatic rings. The topological polar surface area (TPSA) is 0 Å². The first-order valence-corrected chi connectivity index (χ1v) is 16.7. The number of halogens is 2. The Kier molecular flexibility index (Phi) is 10.1. The first kappa shape index (κ1) is 20.7. The fourth-order valence-corrected chi connectivity index (χ4v) is 20.0. The molecule has 1 rings (SSSR count). The van der Waals surface area contributed by atoms with Crippen molar-refractivity contribution < 1.29 is 8.78 Å². The number of hydrogen-bond donors (Lipinski definition) is 0. The van der Waals surface area contributed by atoms with Crippen LogP contribution in [0.1, 0.15) is 64.9 Å². The van der Waals surface area contributed by atoms with Crippen LogP contribution in [0, 0.1) is 0 Å². The van der Waals surface area contributed by atoms with E-state index in [1.54, 1.807) is 0 Å². The predicted molar refractivity (Wildman–Crippen MR) is 100 cm³/mol. The van der Waals surface area contributed by atoms with Crippen LogP contribution in [0.4, 0.5) is 8.78 Å². The summed E-state index contributed by atoms with van der Waals surface area (Å²) in [7, 11) is 0. The van der Waals surface area contributed by atoms with Crippen LogP contribution >= 0.6 is 0 Å². The van der Waals surface area contributed by atoms with Crippen molar-refractivity contribution in [1.82, 2.24) is 0 Å². The molecular formula is C20H32F2Sn. The van der Waals surface area contributed by atoms with Gasteiger partial charge in [0.15, 0.2) is 0 Å². The maximum atomic E-state index is 14.1. The second-order valence-corrected chi connectivity index (χ2v) is 19.6. The van der Waals surface area contributed by atoms with Gasteiger partial charge in [-0.25, -0.2) is 0 Å². The average molecular weight is 429 g/mol. The molecule has 0 amide bonds. The first-order chi connectivity index (χ1) is 11.1. The van der Waals surface area contributed by atoms with Crippen LogP contribution in [0.2, 0.25) is 13.3 Å². The van der Waals surface area contributed by atoms with Crippen molar-refractivity contribution in [2.45, 2.75) is 72.6 Å². The molecule has 0 bridgehead atoms. The molecule has 0 fully saturated rings. The summed E-state index contributed by atoms with van der Waals surface area (Å²) in [6.07, 6.45) is 5.23. The summed E-state index contributed by atoms with van der Waals surface area (Å²) in [6, 6.07) is 9.50. The van der Waals surface area contributed by atoms with Gasteiger partial charge in [-0.2, -0.15) is 0 Å². The molecule has 0 radical (unpaired) electrons. The molecule has 0 nitrogen and oxygen atoms in total. The van der Waals surface area contributed by atoms with Gasteiger partial charge < -0.3 is 0 Å². The molecule has 0 saturated heterocycles. The van der Waals surface area contributed by atoms with E-state index in [0.717, 1.165) is 57.4 Å². The van der Waals surface area contributed by atoms with Gasteiger partial charge in [0.25, 0.3) is 0 Å². The molecule has 1 aromatic carbocycles. The molecule has 0 heterocycles. The molecule has 0 aromatic heterocycles. The van der Waals surface area contributed by atoms with Gasteiger partial charge in [-0.05, 0) is 0 Å². The molecule has 0 spiro atoms. The first-order valence-electron chi connectivity index (χ1n) is 9.22. The van der Waals surface area contributed by atoms with Gasteiger partial charge in [0.05, 0.1) is 0 Å². The van der Waals surface area contributed by atoms with Crippen molar-refractivity contribution in [3.05, 3.63) is 42.0 Å². The average Bonchev–Trinajstić information content (AvgIpc) is 2.56. The molecule has 0 saturated carbocycles. The van der Waals surface area contributed by atoms with E-state index >= 15 is 0 Å². The van der Waals surface area contributed by atoms with E-state index in [1.165, 1.54) is 0 Å². The molecule has 0 atom stereocenters. The normalized spacial score (nSPS) is 11.5. The minimum absolute atomic E-state index is 0.523. The summed E-state index contributed by atoms with van der Waals surface area (Å²) in [5, 5.41) is 0. The SMILES string of the molecule is CCC[CH2][Sn]([CH2]CCC)([CH2]CCC)[C](=C(F)F)c1ccccc1. The summed E-state index contributed by atoms with van der Waals surface area (Å²) in [4.78, 5) is 0. The van der Waals surface area contributed by atoms with Crippen molar-refractivity contribution in [2.75, 3.05) is 0 Å². The molecule has 0 aliphatic heterocycles. The Morgan fingerprint density at radius 1 is 0.783 bits per heavy atom. The Bertz CT molecular complexity index is 442. The zero-order chi connectivity index (χ0) is 17.1. The van der Waals surface area contributed by atoms with Gasteiger partial charge in [-0.3, -0.25) is 0 Å². The van der Waals surface area contributed by atoms with E-state index in [4.69, 9.17) is 0 Å². The second-order valence-electron chi connectivity index (χ2n) is 6.59. The van der Waals surface area contributed by atoms with E-state index < -0.39 is 24.5 Å². The summed E-state index contributed by atoms with van der Waals surface area (Å²) in [6.45, 7) is 6.52. The van der Waals surface area contributed by atoms with E-state index in [-0.39, 0.29) is 0 Å². The van der Waals surface area contributed by atoms with E-state index in [1.807, 2.05) is 30.3 Å². The third-order valence-corrected chi connectivity index (χ3v) is 20.4. The molecule has 1 aromatic rings. The van der Waals surface area contributed by atoms with E-state index in [0.29, 0.717) is 3.59 Å². The standard InChI is InChI=1S/C8H5F2.3C4H9.Sn/c9-8(10)6-7-4-2-1-3-5-7;3*1-3-4-2;/h1-5H;3*1,3-4H2,2H3;. The Balaban J connectivity index is 3.32. The number of rotatable bonds is 11. The molecule has 0 N–H and O–H groups in total. The van der Waals surface area contributed by atoms with Gasteiger partial charge in [-0.1, -0.05) is 0 Å². The minimum atomic E-state index is -3.08. The van der Waals surface area contributed by atoms with E-state index in [2.05, 4.69) is 20.8 Å².